The molecule has 0 saturated carbocycles. The van der Waals surface area contributed by atoms with Gasteiger partial charge in [-0.3, -0.25) is 4.90 Å². The average molecular weight is 170 g/mol. The Morgan fingerprint density at radius 3 is 2.67 bits per heavy atom. The Labute approximate surface area is 73.9 Å². The van der Waals surface area contributed by atoms with E-state index < -0.39 is 0 Å². The van der Waals surface area contributed by atoms with E-state index in [4.69, 9.17) is 10.5 Å². The normalized spacial score (nSPS) is 38.8. The van der Waals surface area contributed by atoms with Gasteiger partial charge in [0.25, 0.3) is 0 Å². The van der Waals surface area contributed by atoms with E-state index in [-0.39, 0.29) is 6.04 Å². The van der Waals surface area contributed by atoms with Crippen LogP contribution in [0.15, 0.2) is 0 Å². The monoisotopic (exact) mass is 170 g/mol. The molecule has 2 aliphatic heterocycles. The Hall–Kier alpha value is -0.120. The molecule has 0 bridgehead atoms. The molecule has 0 unspecified atom stereocenters. The van der Waals surface area contributed by atoms with Gasteiger partial charge in [-0.05, 0) is 32.4 Å². The van der Waals surface area contributed by atoms with Gasteiger partial charge in [0, 0.05) is 18.7 Å². The predicted octanol–water partition coefficient (Wildman–Crippen LogP) is 0.198. The molecule has 0 radical (unpaired) electrons. The van der Waals surface area contributed by atoms with Crippen LogP contribution in [0.25, 0.3) is 0 Å². The first kappa shape index (κ1) is 8.48. The van der Waals surface area contributed by atoms with Gasteiger partial charge in [0.1, 0.15) is 0 Å². The Morgan fingerprint density at radius 1 is 1.25 bits per heavy atom. The van der Waals surface area contributed by atoms with Gasteiger partial charge in [-0.25, -0.2) is 0 Å². The summed E-state index contributed by atoms with van der Waals surface area (Å²) in [6.07, 6.45) is 3.83. The minimum atomic E-state index is 0.247. The molecule has 2 fully saturated rings. The lowest BCUT2D eigenvalue weighted by molar-refractivity contribution is 0.0257. The van der Waals surface area contributed by atoms with Crippen molar-refractivity contribution < 1.29 is 4.74 Å². The summed E-state index contributed by atoms with van der Waals surface area (Å²) in [5, 5.41) is 0. The molecule has 2 aliphatic rings. The van der Waals surface area contributed by atoms with Crippen LogP contribution in [0.5, 0.6) is 0 Å². The molecule has 0 aromatic rings. The molecule has 2 rings (SSSR count). The van der Waals surface area contributed by atoms with Crippen molar-refractivity contribution in [1.82, 2.24) is 4.90 Å². The van der Waals surface area contributed by atoms with Gasteiger partial charge in [0.05, 0.1) is 6.61 Å². The van der Waals surface area contributed by atoms with Crippen molar-refractivity contribution in [3.63, 3.8) is 0 Å². The van der Waals surface area contributed by atoms with Gasteiger partial charge in [-0.2, -0.15) is 0 Å². The van der Waals surface area contributed by atoms with Crippen molar-refractivity contribution >= 4 is 0 Å². The summed E-state index contributed by atoms with van der Waals surface area (Å²) in [5.41, 5.74) is 5.99. The highest BCUT2D eigenvalue weighted by molar-refractivity contribution is 4.86. The van der Waals surface area contributed by atoms with E-state index >= 15 is 0 Å². The zero-order valence-electron chi connectivity index (χ0n) is 7.54. The Kier molecular flexibility index (Phi) is 2.63. The summed E-state index contributed by atoms with van der Waals surface area (Å²) in [5.74, 6) is 0. The molecular weight excluding hydrogens is 152 g/mol. The van der Waals surface area contributed by atoms with E-state index in [1.165, 1.54) is 25.9 Å². The highest BCUT2D eigenvalue weighted by Gasteiger charge is 2.29. The molecule has 2 atom stereocenters. The van der Waals surface area contributed by atoms with Crippen LogP contribution in [0.2, 0.25) is 0 Å². The molecule has 0 aromatic carbocycles. The largest absolute Gasteiger partial charge is 0.380 e. The second-order valence-electron chi connectivity index (χ2n) is 3.84. The van der Waals surface area contributed by atoms with Crippen molar-refractivity contribution in [3.8, 4) is 0 Å². The SMILES string of the molecule is N[C@@H]1COCC[C@H]1N1CCCC1. The van der Waals surface area contributed by atoms with Crippen LogP contribution in [0.1, 0.15) is 19.3 Å². The number of nitrogens with two attached hydrogens (primary N) is 1. The fraction of sp³-hybridized carbons (Fsp3) is 1.00. The van der Waals surface area contributed by atoms with Crippen LogP contribution in [-0.2, 0) is 4.74 Å². The number of likely N-dealkylation sites (tertiary alicyclic amines) is 1. The molecular formula is C9H18N2O. The molecule has 12 heavy (non-hydrogen) atoms. The van der Waals surface area contributed by atoms with E-state index in [2.05, 4.69) is 4.90 Å². The average Bonchev–Trinajstić information content (AvgIpc) is 2.57. The Bertz CT molecular complexity index is 145. The summed E-state index contributed by atoms with van der Waals surface area (Å²) in [4.78, 5) is 2.53. The summed E-state index contributed by atoms with van der Waals surface area (Å²) < 4.78 is 5.32. The number of hydrogen-bond acceptors (Lipinski definition) is 3. The maximum atomic E-state index is 5.99. The van der Waals surface area contributed by atoms with Gasteiger partial charge >= 0.3 is 0 Å². The molecule has 2 heterocycles. The zero-order valence-corrected chi connectivity index (χ0v) is 7.54. The smallest absolute Gasteiger partial charge is 0.0632 e. The van der Waals surface area contributed by atoms with E-state index in [1.807, 2.05) is 0 Å². The lowest BCUT2D eigenvalue weighted by Gasteiger charge is -2.35. The van der Waals surface area contributed by atoms with Gasteiger partial charge < -0.3 is 10.5 Å². The molecule has 0 amide bonds. The third-order valence-corrected chi connectivity index (χ3v) is 2.97. The summed E-state index contributed by atoms with van der Waals surface area (Å²) >= 11 is 0. The van der Waals surface area contributed by atoms with E-state index in [9.17, 15) is 0 Å². The Morgan fingerprint density at radius 2 is 2.00 bits per heavy atom. The highest BCUT2D eigenvalue weighted by Crippen LogP contribution is 2.18. The minimum absolute atomic E-state index is 0.247. The first-order valence-electron chi connectivity index (χ1n) is 4.95. The molecule has 2 saturated heterocycles. The predicted molar refractivity (Wildman–Crippen MR) is 48.0 cm³/mol. The molecule has 0 aliphatic carbocycles. The van der Waals surface area contributed by atoms with Gasteiger partial charge in [-0.15, -0.1) is 0 Å². The van der Waals surface area contributed by atoms with Crippen molar-refractivity contribution in [2.45, 2.75) is 31.3 Å². The van der Waals surface area contributed by atoms with Crippen molar-refractivity contribution in [2.24, 2.45) is 5.73 Å². The molecule has 70 valence electrons. The third-order valence-electron chi connectivity index (χ3n) is 2.97. The molecule has 0 aromatic heterocycles. The number of ether oxygens (including phenoxy) is 1. The number of hydrogen-bond donors (Lipinski definition) is 1. The molecule has 0 spiro atoms. The highest BCUT2D eigenvalue weighted by atomic mass is 16.5. The van der Waals surface area contributed by atoms with Crippen LogP contribution < -0.4 is 5.73 Å². The first-order valence-corrected chi connectivity index (χ1v) is 4.95. The van der Waals surface area contributed by atoms with Crippen molar-refractivity contribution in [1.29, 1.82) is 0 Å². The summed E-state index contributed by atoms with van der Waals surface area (Å²) in [7, 11) is 0. The lowest BCUT2D eigenvalue weighted by atomic mass is 10.0. The van der Waals surface area contributed by atoms with Crippen molar-refractivity contribution in [3.05, 3.63) is 0 Å². The molecule has 3 nitrogen and oxygen atoms in total. The topological polar surface area (TPSA) is 38.5 Å². The second-order valence-corrected chi connectivity index (χ2v) is 3.84. The lowest BCUT2D eigenvalue weighted by Crippen LogP contribution is -2.52. The van der Waals surface area contributed by atoms with Crippen LogP contribution in [0.4, 0.5) is 0 Å². The first-order chi connectivity index (χ1) is 5.88. The second kappa shape index (κ2) is 3.73. The van der Waals surface area contributed by atoms with Crippen LogP contribution in [0.3, 0.4) is 0 Å². The summed E-state index contributed by atoms with van der Waals surface area (Å²) in [6.45, 7) is 4.15. The van der Waals surface area contributed by atoms with E-state index in [0.717, 1.165) is 19.6 Å². The molecule has 3 heteroatoms. The zero-order chi connectivity index (χ0) is 8.39. The van der Waals surface area contributed by atoms with Crippen molar-refractivity contribution in [2.75, 3.05) is 26.3 Å². The maximum absolute atomic E-state index is 5.99. The minimum Gasteiger partial charge on any atom is -0.380 e. The fourth-order valence-electron chi connectivity index (χ4n) is 2.28. The maximum Gasteiger partial charge on any atom is 0.0632 e. The third kappa shape index (κ3) is 1.63. The Balaban J connectivity index is 1.91. The van der Waals surface area contributed by atoms with Gasteiger partial charge in [0.15, 0.2) is 0 Å². The van der Waals surface area contributed by atoms with Gasteiger partial charge in [-0.1, -0.05) is 0 Å². The fourth-order valence-corrected chi connectivity index (χ4v) is 2.28. The van der Waals surface area contributed by atoms with E-state index in [0.29, 0.717) is 6.04 Å². The number of nitrogens with zero attached hydrogens (tertiary/aromatic N) is 1. The van der Waals surface area contributed by atoms with Crippen LogP contribution in [-0.4, -0.2) is 43.3 Å². The quantitative estimate of drug-likeness (QED) is 0.611. The van der Waals surface area contributed by atoms with Crippen LogP contribution >= 0.6 is 0 Å². The molecule has 2 N–H and O–H groups in total. The van der Waals surface area contributed by atoms with Gasteiger partial charge in [0.2, 0.25) is 0 Å². The van der Waals surface area contributed by atoms with E-state index in [1.54, 1.807) is 0 Å². The standard InChI is InChI=1S/C9H18N2O/c10-8-7-12-6-3-9(8)11-4-1-2-5-11/h8-9H,1-7,10H2/t8-,9-/m1/s1. The van der Waals surface area contributed by atoms with Crippen LogP contribution in [0, 0.1) is 0 Å². The summed E-state index contributed by atoms with van der Waals surface area (Å²) in [6, 6.07) is 0.845. The number of rotatable bonds is 1.